The SMILES string of the molecule is CC(C)n1c([C@@H](C)NC(=O)C2CC2)nc2cccnc21. The highest BCUT2D eigenvalue weighted by Crippen LogP contribution is 2.30. The third-order valence-electron chi connectivity index (χ3n) is 3.69. The van der Waals surface area contributed by atoms with Crippen LogP contribution in [0.25, 0.3) is 11.2 Å². The van der Waals surface area contributed by atoms with Crippen LogP contribution in [0.3, 0.4) is 0 Å². The molecule has 1 aliphatic rings. The molecule has 0 bridgehead atoms. The first-order valence-electron chi connectivity index (χ1n) is 7.21. The number of hydrogen-bond acceptors (Lipinski definition) is 3. The van der Waals surface area contributed by atoms with Gasteiger partial charge in [-0.05, 0) is 45.7 Å². The summed E-state index contributed by atoms with van der Waals surface area (Å²) in [5, 5.41) is 3.06. The Labute approximate surface area is 118 Å². The molecule has 1 saturated carbocycles. The van der Waals surface area contributed by atoms with Crippen LogP contribution in [-0.4, -0.2) is 20.4 Å². The van der Waals surface area contributed by atoms with Crippen LogP contribution in [0.4, 0.5) is 0 Å². The highest BCUT2D eigenvalue weighted by Gasteiger charge is 2.31. The Hall–Kier alpha value is -1.91. The van der Waals surface area contributed by atoms with Crippen LogP contribution in [0, 0.1) is 5.92 Å². The average Bonchev–Trinajstić information content (AvgIpc) is 3.18. The van der Waals surface area contributed by atoms with Gasteiger partial charge in [-0.2, -0.15) is 0 Å². The molecular formula is C15H20N4O. The normalized spacial score (nSPS) is 16.6. The lowest BCUT2D eigenvalue weighted by molar-refractivity contribution is -0.123. The van der Waals surface area contributed by atoms with E-state index in [0.717, 1.165) is 29.8 Å². The highest BCUT2D eigenvalue weighted by molar-refractivity contribution is 5.81. The van der Waals surface area contributed by atoms with Crippen molar-refractivity contribution in [2.75, 3.05) is 0 Å². The predicted molar refractivity (Wildman–Crippen MR) is 77.2 cm³/mol. The van der Waals surface area contributed by atoms with E-state index in [0.29, 0.717) is 0 Å². The van der Waals surface area contributed by atoms with Crippen LogP contribution in [0.1, 0.15) is 51.5 Å². The van der Waals surface area contributed by atoms with Crippen LogP contribution in [0.15, 0.2) is 18.3 Å². The van der Waals surface area contributed by atoms with E-state index in [1.54, 1.807) is 6.20 Å². The highest BCUT2D eigenvalue weighted by atomic mass is 16.2. The number of imidazole rings is 1. The summed E-state index contributed by atoms with van der Waals surface area (Å²) < 4.78 is 2.10. The molecule has 2 aromatic heterocycles. The Morgan fingerprint density at radius 3 is 2.80 bits per heavy atom. The first kappa shape index (κ1) is 13.1. The summed E-state index contributed by atoms with van der Waals surface area (Å²) in [5.41, 5.74) is 1.76. The lowest BCUT2D eigenvalue weighted by Crippen LogP contribution is -2.30. The molecule has 0 unspecified atom stereocenters. The third-order valence-corrected chi connectivity index (χ3v) is 3.69. The van der Waals surface area contributed by atoms with Gasteiger partial charge in [-0.1, -0.05) is 0 Å². The van der Waals surface area contributed by atoms with Gasteiger partial charge in [0.05, 0.1) is 6.04 Å². The summed E-state index contributed by atoms with van der Waals surface area (Å²) in [6.07, 6.45) is 3.81. The maximum atomic E-state index is 11.9. The van der Waals surface area contributed by atoms with Crippen LogP contribution in [0.2, 0.25) is 0 Å². The van der Waals surface area contributed by atoms with Gasteiger partial charge < -0.3 is 9.88 Å². The molecule has 1 atom stereocenters. The van der Waals surface area contributed by atoms with Gasteiger partial charge >= 0.3 is 0 Å². The molecule has 0 aliphatic heterocycles. The molecule has 1 N–H and O–H groups in total. The second-order valence-electron chi connectivity index (χ2n) is 5.78. The summed E-state index contributed by atoms with van der Waals surface area (Å²) in [5.74, 6) is 1.24. The molecule has 1 aliphatic carbocycles. The largest absolute Gasteiger partial charge is 0.346 e. The minimum absolute atomic E-state index is 0.0975. The maximum absolute atomic E-state index is 11.9. The summed E-state index contributed by atoms with van der Waals surface area (Å²) in [7, 11) is 0. The molecule has 106 valence electrons. The van der Waals surface area contributed by atoms with Crippen LogP contribution in [-0.2, 0) is 4.79 Å². The van der Waals surface area contributed by atoms with Gasteiger partial charge in [-0.15, -0.1) is 0 Å². The zero-order chi connectivity index (χ0) is 14.3. The van der Waals surface area contributed by atoms with Crippen molar-refractivity contribution < 1.29 is 4.79 Å². The number of carbonyl (C=O) groups excluding carboxylic acids is 1. The lowest BCUT2D eigenvalue weighted by atomic mass is 10.2. The average molecular weight is 272 g/mol. The zero-order valence-electron chi connectivity index (χ0n) is 12.1. The smallest absolute Gasteiger partial charge is 0.223 e. The molecule has 3 rings (SSSR count). The summed E-state index contributed by atoms with van der Waals surface area (Å²) in [4.78, 5) is 21.0. The zero-order valence-corrected chi connectivity index (χ0v) is 12.1. The minimum Gasteiger partial charge on any atom is -0.346 e. The first-order chi connectivity index (χ1) is 9.58. The van der Waals surface area contributed by atoms with E-state index in [-0.39, 0.29) is 23.9 Å². The Morgan fingerprint density at radius 1 is 1.40 bits per heavy atom. The van der Waals surface area contributed by atoms with E-state index in [1.807, 2.05) is 19.1 Å². The Bertz CT molecular complexity index is 642. The van der Waals surface area contributed by atoms with Crippen LogP contribution in [0.5, 0.6) is 0 Å². The number of nitrogens with zero attached hydrogens (tertiary/aromatic N) is 3. The van der Waals surface area contributed by atoms with Crippen molar-refractivity contribution in [1.29, 1.82) is 0 Å². The summed E-state index contributed by atoms with van der Waals surface area (Å²) in [6.45, 7) is 6.20. The number of hydrogen-bond donors (Lipinski definition) is 1. The molecule has 0 spiro atoms. The minimum atomic E-state index is -0.0975. The van der Waals surface area contributed by atoms with Gasteiger partial charge in [0, 0.05) is 18.2 Å². The monoisotopic (exact) mass is 272 g/mol. The molecule has 1 fully saturated rings. The molecule has 5 heteroatoms. The first-order valence-corrected chi connectivity index (χ1v) is 7.21. The number of carbonyl (C=O) groups is 1. The number of fused-ring (bicyclic) bond motifs is 1. The molecule has 0 radical (unpaired) electrons. The van der Waals surface area contributed by atoms with Crippen LogP contribution < -0.4 is 5.32 Å². The molecule has 1 amide bonds. The van der Waals surface area contributed by atoms with E-state index in [9.17, 15) is 4.79 Å². The molecule has 2 heterocycles. The number of pyridine rings is 1. The third kappa shape index (κ3) is 2.28. The van der Waals surface area contributed by atoms with Gasteiger partial charge in [0.1, 0.15) is 11.3 Å². The molecule has 5 nitrogen and oxygen atoms in total. The maximum Gasteiger partial charge on any atom is 0.223 e. The van der Waals surface area contributed by atoms with Crippen molar-refractivity contribution in [2.24, 2.45) is 5.92 Å². The van der Waals surface area contributed by atoms with Crippen molar-refractivity contribution in [3.8, 4) is 0 Å². The second kappa shape index (κ2) is 4.89. The van der Waals surface area contributed by atoms with Gasteiger partial charge in [0.15, 0.2) is 5.65 Å². The lowest BCUT2D eigenvalue weighted by Gasteiger charge is -2.18. The number of amides is 1. The number of nitrogens with one attached hydrogen (secondary N) is 1. The van der Waals surface area contributed by atoms with Crippen molar-refractivity contribution >= 4 is 17.1 Å². The fraction of sp³-hybridized carbons (Fsp3) is 0.533. The van der Waals surface area contributed by atoms with E-state index < -0.39 is 0 Å². The molecule has 0 aromatic carbocycles. The van der Waals surface area contributed by atoms with Crippen molar-refractivity contribution in [3.05, 3.63) is 24.2 Å². The second-order valence-corrected chi connectivity index (χ2v) is 5.78. The van der Waals surface area contributed by atoms with Crippen molar-refractivity contribution in [2.45, 2.75) is 45.7 Å². The number of aromatic nitrogens is 3. The molecule has 20 heavy (non-hydrogen) atoms. The number of rotatable bonds is 4. The Kier molecular flexibility index (Phi) is 3.20. The van der Waals surface area contributed by atoms with Gasteiger partial charge in [-0.3, -0.25) is 4.79 Å². The molecular weight excluding hydrogens is 252 g/mol. The standard InChI is InChI=1S/C15H20N4O/c1-9(2)19-13(10(3)17-15(20)11-6-7-11)18-12-5-4-8-16-14(12)19/h4-5,8-11H,6-7H2,1-3H3,(H,17,20)/t10-/m1/s1. The summed E-state index contributed by atoms with van der Waals surface area (Å²) >= 11 is 0. The van der Waals surface area contributed by atoms with Gasteiger partial charge in [0.2, 0.25) is 5.91 Å². The van der Waals surface area contributed by atoms with Crippen LogP contribution >= 0.6 is 0 Å². The fourth-order valence-electron chi connectivity index (χ4n) is 2.50. The van der Waals surface area contributed by atoms with Crippen molar-refractivity contribution in [3.63, 3.8) is 0 Å². The van der Waals surface area contributed by atoms with E-state index >= 15 is 0 Å². The van der Waals surface area contributed by atoms with Gasteiger partial charge in [-0.25, -0.2) is 9.97 Å². The van der Waals surface area contributed by atoms with Gasteiger partial charge in [0.25, 0.3) is 0 Å². The quantitative estimate of drug-likeness (QED) is 0.930. The Balaban J connectivity index is 1.96. The predicted octanol–water partition coefficient (Wildman–Crippen LogP) is 2.60. The molecule has 0 saturated heterocycles. The topological polar surface area (TPSA) is 59.8 Å². The Morgan fingerprint density at radius 2 is 2.15 bits per heavy atom. The molecule has 2 aromatic rings. The van der Waals surface area contributed by atoms with E-state index in [4.69, 9.17) is 0 Å². The van der Waals surface area contributed by atoms with E-state index in [1.165, 1.54) is 0 Å². The van der Waals surface area contributed by atoms with E-state index in [2.05, 4.69) is 33.7 Å². The van der Waals surface area contributed by atoms with Crippen molar-refractivity contribution in [1.82, 2.24) is 19.9 Å². The fourth-order valence-corrected chi connectivity index (χ4v) is 2.50. The summed E-state index contributed by atoms with van der Waals surface area (Å²) in [6, 6.07) is 4.00.